The summed E-state index contributed by atoms with van der Waals surface area (Å²) in [5, 5.41) is 3.76. The van der Waals surface area contributed by atoms with E-state index in [1.54, 1.807) is 18.2 Å². The Morgan fingerprint density at radius 3 is 2.65 bits per heavy atom. The van der Waals surface area contributed by atoms with Crippen molar-refractivity contribution in [3.8, 4) is 0 Å². The van der Waals surface area contributed by atoms with Crippen LogP contribution in [0.1, 0.15) is 16.1 Å². The molecule has 0 saturated carbocycles. The smallest absolute Gasteiger partial charge is 0.356 e. The number of hydrogen-bond donors (Lipinski definition) is 2. The van der Waals surface area contributed by atoms with E-state index in [-0.39, 0.29) is 5.69 Å². The molecule has 5 nitrogen and oxygen atoms in total. The number of ether oxygens (including phenoxy) is 1. The molecule has 2 aromatic rings. The third-order valence-electron chi connectivity index (χ3n) is 2.69. The molecule has 0 bridgehead atoms. The van der Waals surface area contributed by atoms with Crippen LogP contribution in [-0.4, -0.2) is 18.1 Å². The minimum atomic E-state index is -0.500. The Morgan fingerprint density at radius 1 is 1.30 bits per heavy atom. The Morgan fingerprint density at radius 2 is 2.00 bits per heavy atom. The van der Waals surface area contributed by atoms with Gasteiger partial charge in [0.05, 0.1) is 12.8 Å². The van der Waals surface area contributed by atoms with Crippen molar-refractivity contribution in [1.82, 2.24) is 4.98 Å². The maximum atomic E-state index is 11.4. The van der Waals surface area contributed by atoms with Gasteiger partial charge >= 0.3 is 5.97 Å². The summed E-state index contributed by atoms with van der Waals surface area (Å²) < 4.78 is 4.62. The molecule has 1 heterocycles. The zero-order valence-electron chi connectivity index (χ0n) is 10.9. The lowest BCUT2D eigenvalue weighted by atomic mass is 10.2. The first-order chi connectivity index (χ1) is 9.60. The summed E-state index contributed by atoms with van der Waals surface area (Å²) in [6.45, 7) is 0.527. The standard InChI is InChI=1S/C14H14ClN3O2/c1-20-14(19)12-7-6-11(16)13(18-12)17-8-9-2-4-10(15)5-3-9/h2-7H,8,16H2,1H3,(H,17,18). The van der Waals surface area contributed by atoms with E-state index in [1.165, 1.54) is 13.2 Å². The Kier molecular flexibility index (Phi) is 4.42. The molecule has 0 aliphatic carbocycles. The second kappa shape index (κ2) is 6.25. The van der Waals surface area contributed by atoms with Crippen LogP contribution in [0.25, 0.3) is 0 Å². The minimum absolute atomic E-state index is 0.209. The fourth-order valence-electron chi connectivity index (χ4n) is 1.62. The topological polar surface area (TPSA) is 77.2 Å². The van der Waals surface area contributed by atoms with E-state index in [2.05, 4.69) is 15.0 Å². The van der Waals surface area contributed by atoms with Crippen molar-refractivity contribution in [2.24, 2.45) is 0 Å². The second-order valence-electron chi connectivity index (χ2n) is 4.11. The molecule has 1 aromatic carbocycles. The number of nitrogens with zero attached hydrogens (tertiary/aromatic N) is 1. The van der Waals surface area contributed by atoms with Crippen LogP contribution >= 0.6 is 11.6 Å². The van der Waals surface area contributed by atoms with E-state index in [1.807, 2.05) is 12.1 Å². The van der Waals surface area contributed by atoms with Crippen LogP contribution in [0.2, 0.25) is 5.02 Å². The fraction of sp³-hybridized carbons (Fsp3) is 0.143. The van der Waals surface area contributed by atoms with Gasteiger partial charge in [-0.2, -0.15) is 0 Å². The first-order valence-corrected chi connectivity index (χ1v) is 6.31. The molecule has 0 spiro atoms. The number of benzene rings is 1. The molecule has 0 aliphatic rings. The Hall–Kier alpha value is -2.27. The first-order valence-electron chi connectivity index (χ1n) is 5.93. The molecule has 3 N–H and O–H groups in total. The van der Waals surface area contributed by atoms with Gasteiger partial charge in [0.1, 0.15) is 5.82 Å². The number of nitrogen functional groups attached to an aromatic ring is 1. The van der Waals surface area contributed by atoms with Gasteiger partial charge in [-0.3, -0.25) is 0 Å². The lowest BCUT2D eigenvalue weighted by Crippen LogP contribution is -2.10. The van der Waals surface area contributed by atoms with Crippen LogP contribution in [0, 0.1) is 0 Å². The number of carbonyl (C=O) groups is 1. The number of nitrogens with one attached hydrogen (secondary N) is 1. The molecule has 6 heteroatoms. The molecule has 0 fully saturated rings. The number of methoxy groups -OCH3 is 1. The van der Waals surface area contributed by atoms with Crippen molar-refractivity contribution < 1.29 is 9.53 Å². The lowest BCUT2D eigenvalue weighted by Gasteiger charge is -2.09. The predicted molar refractivity (Wildman–Crippen MR) is 78.8 cm³/mol. The van der Waals surface area contributed by atoms with E-state index in [0.717, 1.165) is 5.56 Å². The maximum Gasteiger partial charge on any atom is 0.356 e. The van der Waals surface area contributed by atoms with E-state index < -0.39 is 5.97 Å². The molecule has 1 aromatic heterocycles. The van der Waals surface area contributed by atoms with Gasteiger partial charge < -0.3 is 15.8 Å². The number of hydrogen-bond acceptors (Lipinski definition) is 5. The van der Waals surface area contributed by atoms with Gasteiger partial charge in [-0.1, -0.05) is 23.7 Å². The van der Waals surface area contributed by atoms with Crippen molar-refractivity contribution >= 4 is 29.1 Å². The normalized spacial score (nSPS) is 10.1. The van der Waals surface area contributed by atoms with E-state index in [4.69, 9.17) is 17.3 Å². The van der Waals surface area contributed by atoms with Crippen molar-refractivity contribution in [1.29, 1.82) is 0 Å². The van der Waals surface area contributed by atoms with Gasteiger partial charge in [-0.15, -0.1) is 0 Å². The molecular weight excluding hydrogens is 278 g/mol. The van der Waals surface area contributed by atoms with Gasteiger partial charge in [0.15, 0.2) is 5.69 Å². The van der Waals surface area contributed by atoms with Crippen LogP contribution < -0.4 is 11.1 Å². The summed E-state index contributed by atoms with van der Waals surface area (Å²) in [5.74, 6) is -0.0533. The highest BCUT2D eigenvalue weighted by molar-refractivity contribution is 6.30. The van der Waals surface area contributed by atoms with E-state index in [9.17, 15) is 4.79 Å². The largest absolute Gasteiger partial charge is 0.464 e. The van der Waals surface area contributed by atoms with Crippen molar-refractivity contribution in [3.05, 3.63) is 52.7 Å². The summed E-state index contributed by atoms with van der Waals surface area (Å²) in [7, 11) is 1.31. The SMILES string of the molecule is COC(=O)c1ccc(N)c(NCc2ccc(Cl)cc2)n1. The second-order valence-corrected chi connectivity index (χ2v) is 4.54. The van der Waals surface area contributed by atoms with Crippen LogP contribution in [0.3, 0.4) is 0 Å². The number of anilines is 2. The van der Waals surface area contributed by atoms with E-state index in [0.29, 0.717) is 23.1 Å². The van der Waals surface area contributed by atoms with Crippen molar-refractivity contribution in [3.63, 3.8) is 0 Å². The number of carbonyl (C=O) groups excluding carboxylic acids is 1. The molecule has 0 aliphatic heterocycles. The zero-order valence-corrected chi connectivity index (χ0v) is 11.6. The summed E-state index contributed by atoms with van der Waals surface area (Å²) in [4.78, 5) is 15.6. The van der Waals surface area contributed by atoms with Gasteiger partial charge in [-0.05, 0) is 29.8 Å². The molecule has 0 unspecified atom stereocenters. The molecule has 0 radical (unpaired) electrons. The Labute approximate surface area is 121 Å². The average Bonchev–Trinajstić information content (AvgIpc) is 2.47. The summed E-state index contributed by atoms with van der Waals surface area (Å²) in [6.07, 6.45) is 0. The highest BCUT2D eigenvalue weighted by Crippen LogP contribution is 2.18. The van der Waals surface area contributed by atoms with Crippen LogP contribution in [0.4, 0.5) is 11.5 Å². The number of esters is 1. The van der Waals surface area contributed by atoms with Crippen molar-refractivity contribution in [2.75, 3.05) is 18.2 Å². The molecule has 0 saturated heterocycles. The molecular formula is C14H14ClN3O2. The molecule has 2 rings (SSSR count). The number of rotatable bonds is 4. The fourth-order valence-corrected chi connectivity index (χ4v) is 1.74. The van der Waals surface area contributed by atoms with Crippen LogP contribution in [-0.2, 0) is 11.3 Å². The quantitative estimate of drug-likeness (QED) is 0.847. The first kappa shape index (κ1) is 14.1. The average molecular weight is 292 g/mol. The number of aromatic nitrogens is 1. The molecule has 0 amide bonds. The van der Waals surface area contributed by atoms with Gasteiger partial charge in [-0.25, -0.2) is 9.78 Å². The third kappa shape index (κ3) is 3.39. The minimum Gasteiger partial charge on any atom is -0.464 e. The molecule has 104 valence electrons. The lowest BCUT2D eigenvalue weighted by molar-refractivity contribution is 0.0594. The number of pyridine rings is 1. The predicted octanol–water partition coefficient (Wildman–Crippen LogP) is 2.72. The van der Waals surface area contributed by atoms with E-state index >= 15 is 0 Å². The number of halogens is 1. The summed E-state index contributed by atoms with van der Waals surface area (Å²) in [6, 6.07) is 10.5. The number of nitrogens with two attached hydrogens (primary N) is 1. The van der Waals surface area contributed by atoms with Crippen LogP contribution in [0.5, 0.6) is 0 Å². The van der Waals surface area contributed by atoms with Crippen LogP contribution in [0.15, 0.2) is 36.4 Å². The van der Waals surface area contributed by atoms with Gasteiger partial charge in [0.25, 0.3) is 0 Å². The van der Waals surface area contributed by atoms with Crippen molar-refractivity contribution in [2.45, 2.75) is 6.54 Å². The third-order valence-corrected chi connectivity index (χ3v) is 2.95. The summed E-state index contributed by atoms with van der Waals surface area (Å²) in [5.41, 5.74) is 7.52. The Balaban J connectivity index is 2.12. The van der Waals surface area contributed by atoms with Gasteiger partial charge in [0, 0.05) is 11.6 Å². The Bertz CT molecular complexity index is 614. The zero-order chi connectivity index (χ0) is 14.5. The molecule has 20 heavy (non-hydrogen) atoms. The van der Waals surface area contributed by atoms with Gasteiger partial charge in [0.2, 0.25) is 0 Å². The molecule has 0 atom stereocenters. The monoisotopic (exact) mass is 291 g/mol. The highest BCUT2D eigenvalue weighted by atomic mass is 35.5. The maximum absolute atomic E-state index is 11.4. The highest BCUT2D eigenvalue weighted by Gasteiger charge is 2.10. The summed E-state index contributed by atoms with van der Waals surface area (Å²) >= 11 is 5.82.